The van der Waals surface area contributed by atoms with Crippen molar-refractivity contribution in [2.24, 2.45) is 0 Å². The van der Waals surface area contributed by atoms with Crippen LogP contribution >= 0.6 is 11.6 Å². The Morgan fingerprint density at radius 2 is 1.92 bits per heavy atom. The number of aromatic hydroxyl groups is 1. The highest BCUT2D eigenvalue weighted by atomic mass is 35.5. The van der Waals surface area contributed by atoms with Crippen molar-refractivity contribution in [2.75, 3.05) is 0 Å². The standard InChI is InChI=1S/C10H13ClO/c1-6(2)8-5-4-7(3)9(11)10(8)12/h4-6,12H,1-3H3. The van der Waals surface area contributed by atoms with Crippen molar-refractivity contribution >= 4 is 11.6 Å². The third kappa shape index (κ3) is 1.56. The number of halogens is 1. The Hall–Kier alpha value is -0.690. The molecule has 0 heterocycles. The van der Waals surface area contributed by atoms with Crippen LogP contribution in [0, 0.1) is 6.92 Å². The van der Waals surface area contributed by atoms with Gasteiger partial charge in [0.2, 0.25) is 0 Å². The topological polar surface area (TPSA) is 20.2 Å². The van der Waals surface area contributed by atoms with Crippen molar-refractivity contribution < 1.29 is 5.11 Å². The number of hydrogen-bond donors (Lipinski definition) is 1. The molecule has 0 amide bonds. The zero-order valence-electron chi connectivity index (χ0n) is 7.56. The monoisotopic (exact) mass is 184 g/mol. The van der Waals surface area contributed by atoms with Gasteiger partial charge >= 0.3 is 0 Å². The molecule has 1 aromatic rings. The van der Waals surface area contributed by atoms with Crippen LogP contribution in [0.5, 0.6) is 5.75 Å². The molecule has 1 nitrogen and oxygen atoms in total. The maximum Gasteiger partial charge on any atom is 0.137 e. The molecule has 0 aliphatic carbocycles. The Bertz CT molecular complexity index is 292. The average molecular weight is 185 g/mol. The summed E-state index contributed by atoms with van der Waals surface area (Å²) in [6, 6.07) is 3.85. The molecule has 1 aromatic carbocycles. The van der Waals surface area contributed by atoms with Crippen molar-refractivity contribution in [1.82, 2.24) is 0 Å². The Kier molecular flexibility index (Phi) is 2.63. The van der Waals surface area contributed by atoms with Crippen LogP contribution in [0.25, 0.3) is 0 Å². The van der Waals surface area contributed by atoms with Crippen LogP contribution in [0.1, 0.15) is 30.9 Å². The van der Waals surface area contributed by atoms with Gasteiger partial charge in [-0.2, -0.15) is 0 Å². The van der Waals surface area contributed by atoms with E-state index in [4.69, 9.17) is 11.6 Å². The van der Waals surface area contributed by atoms with E-state index >= 15 is 0 Å². The van der Waals surface area contributed by atoms with E-state index in [0.717, 1.165) is 11.1 Å². The first kappa shape index (κ1) is 9.40. The Morgan fingerprint density at radius 3 is 2.42 bits per heavy atom. The van der Waals surface area contributed by atoms with Crippen LogP contribution in [0.4, 0.5) is 0 Å². The van der Waals surface area contributed by atoms with Crippen LogP contribution in [-0.2, 0) is 0 Å². The summed E-state index contributed by atoms with van der Waals surface area (Å²) in [5.74, 6) is 0.537. The zero-order chi connectivity index (χ0) is 9.30. The molecule has 66 valence electrons. The molecule has 0 unspecified atom stereocenters. The molecular weight excluding hydrogens is 172 g/mol. The van der Waals surface area contributed by atoms with E-state index < -0.39 is 0 Å². The minimum atomic E-state index is 0.228. The van der Waals surface area contributed by atoms with E-state index in [1.54, 1.807) is 0 Å². The molecule has 1 N–H and O–H groups in total. The maximum atomic E-state index is 9.62. The van der Waals surface area contributed by atoms with Gasteiger partial charge in [0.05, 0.1) is 5.02 Å². The summed E-state index contributed by atoms with van der Waals surface area (Å²) in [4.78, 5) is 0. The van der Waals surface area contributed by atoms with Gasteiger partial charge in [0.1, 0.15) is 5.75 Å². The molecule has 0 saturated heterocycles. The zero-order valence-corrected chi connectivity index (χ0v) is 8.31. The van der Waals surface area contributed by atoms with Crippen LogP contribution < -0.4 is 0 Å². The van der Waals surface area contributed by atoms with E-state index in [-0.39, 0.29) is 5.75 Å². The van der Waals surface area contributed by atoms with E-state index in [0.29, 0.717) is 10.9 Å². The number of rotatable bonds is 1. The van der Waals surface area contributed by atoms with Gasteiger partial charge in [-0.05, 0) is 24.0 Å². The summed E-state index contributed by atoms with van der Waals surface area (Å²) in [6.07, 6.45) is 0. The predicted octanol–water partition coefficient (Wildman–Crippen LogP) is 3.48. The number of phenols is 1. The highest BCUT2D eigenvalue weighted by Gasteiger charge is 2.10. The molecule has 0 aliphatic rings. The second kappa shape index (κ2) is 3.36. The first-order valence-electron chi connectivity index (χ1n) is 4.02. The predicted molar refractivity (Wildman–Crippen MR) is 51.9 cm³/mol. The molecule has 0 aromatic heterocycles. The number of hydrogen-bond acceptors (Lipinski definition) is 1. The molecule has 0 spiro atoms. The molecular formula is C10H13ClO. The number of phenolic OH excluding ortho intramolecular Hbond substituents is 1. The Balaban J connectivity index is 3.27. The van der Waals surface area contributed by atoms with Crippen LogP contribution in [0.15, 0.2) is 12.1 Å². The van der Waals surface area contributed by atoms with Gasteiger partial charge < -0.3 is 5.11 Å². The summed E-state index contributed by atoms with van der Waals surface area (Å²) in [5.41, 5.74) is 1.82. The van der Waals surface area contributed by atoms with E-state index in [1.807, 2.05) is 32.9 Å². The van der Waals surface area contributed by atoms with Crippen LogP contribution in [-0.4, -0.2) is 5.11 Å². The number of aryl methyl sites for hydroxylation is 1. The number of benzene rings is 1. The largest absolute Gasteiger partial charge is 0.506 e. The van der Waals surface area contributed by atoms with Crippen LogP contribution in [0.2, 0.25) is 5.02 Å². The fourth-order valence-corrected chi connectivity index (χ4v) is 1.32. The van der Waals surface area contributed by atoms with Crippen LogP contribution in [0.3, 0.4) is 0 Å². The van der Waals surface area contributed by atoms with Gasteiger partial charge in [-0.1, -0.05) is 37.6 Å². The lowest BCUT2D eigenvalue weighted by Gasteiger charge is -2.10. The van der Waals surface area contributed by atoms with Gasteiger partial charge in [0, 0.05) is 0 Å². The molecule has 0 radical (unpaired) electrons. The van der Waals surface area contributed by atoms with Gasteiger partial charge in [-0.25, -0.2) is 0 Å². The van der Waals surface area contributed by atoms with Gasteiger partial charge in [0.25, 0.3) is 0 Å². The fourth-order valence-electron chi connectivity index (χ4n) is 1.15. The summed E-state index contributed by atoms with van der Waals surface area (Å²) < 4.78 is 0. The van der Waals surface area contributed by atoms with E-state index in [1.165, 1.54) is 0 Å². The van der Waals surface area contributed by atoms with Gasteiger partial charge in [0.15, 0.2) is 0 Å². The maximum absolute atomic E-state index is 9.62. The molecule has 1 rings (SSSR count). The second-order valence-corrected chi connectivity index (χ2v) is 3.67. The van der Waals surface area contributed by atoms with Gasteiger partial charge in [-0.3, -0.25) is 0 Å². The van der Waals surface area contributed by atoms with Crippen molar-refractivity contribution in [3.63, 3.8) is 0 Å². The second-order valence-electron chi connectivity index (χ2n) is 3.29. The minimum Gasteiger partial charge on any atom is -0.506 e. The van der Waals surface area contributed by atoms with Crippen molar-refractivity contribution in [2.45, 2.75) is 26.7 Å². The highest BCUT2D eigenvalue weighted by Crippen LogP contribution is 2.34. The molecule has 0 bridgehead atoms. The molecule has 12 heavy (non-hydrogen) atoms. The van der Waals surface area contributed by atoms with Crippen molar-refractivity contribution in [3.8, 4) is 5.75 Å². The minimum absolute atomic E-state index is 0.228. The molecule has 2 heteroatoms. The van der Waals surface area contributed by atoms with E-state index in [2.05, 4.69) is 0 Å². The SMILES string of the molecule is Cc1ccc(C(C)C)c(O)c1Cl. The third-order valence-electron chi connectivity index (χ3n) is 1.96. The molecule has 0 aliphatic heterocycles. The summed E-state index contributed by atoms with van der Waals surface area (Å²) in [7, 11) is 0. The molecule has 0 fully saturated rings. The quantitative estimate of drug-likeness (QED) is 0.709. The first-order chi connectivity index (χ1) is 5.54. The average Bonchev–Trinajstić information content (AvgIpc) is 2.00. The molecule has 0 atom stereocenters. The first-order valence-corrected chi connectivity index (χ1v) is 4.39. The lowest BCUT2D eigenvalue weighted by atomic mass is 10.0. The fraction of sp³-hybridized carbons (Fsp3) is 0.400. The van der Waals surface area contributed by atoms with Crippen molar-refractivity contribution in [3.05, 3.63) is 28.3 Å². The third-order valence-corrected chi connectivity index (χ3v) is 2.44. The Morgan fingerprint density at radius 1 is 1.33 bits per heavy atom. The highest BCUT2D eigenvalue weighted by molar-refractivity contribution is 6.32. The summed E-state index contributed by atoms with van der Waals surface area (Å²) in [5, 5.41) is 10.1. The lowest BCUT2D eigenvalue weighted by Crippen LogP contribution is -1.89. The lowest BCUT2D eigenvalue weighted by molar-refractivity contribution is 0.464. The van der Waals surface area contributed by atoms with E-state index in [9.17, 15) is 5.11 Å². The molecule has 0 saturated carbocycles. The summed E-state index contributed by atoms with van der Waals surface area (Å²) >= 11 is 5.88. The Labute approximate surface area is 78.0 Å². The van der Waals surface area contributed by atoms with Gasteiger partial charge in [-0.15, -0.1) is 0 Å². The summed E-state index contributed by atoms with van der Waals surface area (Å²) in [6.45, 7) is 5.94. The van der Waals surface area contributed by atoms with Crippen molar-refractivity contribution in [1.29, 1.82) is 0 Å². The normalized spacial score (nSPS) is 10.8. The smallest absolute Gasteiger partial charge is 0.137 e.